The van der Waals surface area contributed by atoms with E-state index in [2.05, 4.69) is 26.0 Å². The lowest BCUT2D eigenvalue weighted by Gasteiger charge is -2.19. The molecule has 0 aliphatic rings. The topological polar surface area (TPSA) is 38.3 Å². The second kappa shape index (κ2) is 7.11. The minimum Gasteiger partial charge on any atom is -0.362 e. The monoisotopic (exact) mass is 305 g/mol. The molecule has 0 aromatic carbocycles. The van der Waals surface area contributed by atoms with Gasteiger partial charge in [-0.15, -0.1) is 0 Å². The van der Waals surface area contributed by atoms with Gasteiger partial charge in [0.15, 0.2) is 0 Å². The van der Waals surface area contributed by atoms with Crippen LogP contribution in [-0.2, 0) is 9.53 Å². The number of nitrogens with one attached hydrogen (secondary N) is 1. The zero-order chi connectivity index (χ0) is 12.8. The third-order valence-electron chi connectivity index (χ3n) is 1.82. The molecule has 0 heterocycles. The molecule has 3 nitrogen and oxygen atoms in total. The van der Waals surface area contributed by atoms with Gasteiger partial charge in [-0.2, -0.15) is 13.2 Å². The Morgan fingerprint density at radius 2 is 2.00 bits per heavy atom. The summed E-state index contributed by atoms with van der Waals surface area (Å²) in [5, 5.41) is 3.13. The molecule has 0 aromatic rings. The Hall–Kier alpha value is -0.300. The number of halogens is 4. The van der Waals surface area contributed by atoms with Crippen LogP contribution in [0, 0.1) is 5.92 Å². The fraction of sp³-hybridized carbons (Fsp3) is 0.889. The Kier molecular flexibility index (Phi) is 6.98. The summed E-state index contributed by atoms with van der Waals surface area (Å²) in [6.45, 7) is 1.84. The Labute approximate surface area is 101 Å². The maximum atomic E-state index is 11.7. The van der Waals surface area contributed by atoms with Crippen molar-refractivity contribution >= 4 is 21.8 Å². The summed E-state index contributed by atoms with van der Waals surface area (Å²) in [6.07, 6.45) is -4.40. The molecule has 0 aromatic heterocycles. The van der Waals surface area contributed by atoms with E-state index in [1.54, 1.807) is 0 Å². The third kappa shape index (κ3) is 7.92. The van der Waals surface area contributed by atoms with Crippen LogP contribution in [0.25, 0.3) is 0 Å². The van der Waals surface area contributed by atoms with Gasteiger partial charge < -0.3 is 10.1 Å². The van der Waals surface area contributed by atoms with Crippen LogP contribution in [0.2, 0.25) is 0 Å². The molecule has 1 atom stereocenters. The lowest BCUT2D eigenvalue weighted by atomic mass is 10.1. The van der Waals surface area contributed by atoms with Crippen LogP contribution in [0.5, 0.6) is 0 Å². The van der Waals surface area contributed by atoms with E-state index in [9.17, 15) is 18.0 Å². The van der Waals surface area contributed by atoms with Gasteiger partial charge in [-0.1, -0.05) is 29.8 Å². The number of carbonyl (C=O) groups excluding carboxylic acids is 1. The Morgan fingerprint density at radius 1 is 1.44 bits per heavy atom. The summed E-state index contributed by atoms with van der Waals surface area (Å²) < 4.78 is 39.3. The molecule has 0 fully saturated rings. The van der Waals surface area contributed by atoms with Crippen LogP contribution in [0.4, 0.5) is 13.2 Å². The normalized spacial score (nSPS) is 13.9. The summed E-state index contributed by atoms with van der Waals surface area (Å²) in [6, 6.07) is -0.109. The van der Waals surface area contributed by atoms with E-state index in [0.29, 0.717) is 5.33 Å². The van der Waals surface area contributed by atoms with Crippen molar-refractivity contribution in [1.82, 2.24) is 5.32 Å². The van der Waals surface area contributed by atoms with Crippen molar-refractivity contribution in [3.8, 4) is 0 Å². The quantitative estimate of drug-likeness (QED) is 0.763. The van der Waals surface area contributed by atoms with Gasteiger partial charge in [0.1, 0.15) is 13.2 Å². The van der Waals surface area contributed by atoms with Gasteiger partial charge in [0, 0.05) is 11.4 Å². The van der Waals surface area contributed by atoms with E-state index in [1.807, 2.05) is 13.8 Å². The fourth-order valence-electron chi connectivity index (χ4n) is 0.891. The van der Waals surface area contributed by atoms with E-state index >= 15 is 0 Å². The Bertz CT molecular complexity index is 221. The maximum Gasteiger partial charge on any atom is 0.411 e. The predicted octanol–water partition coefficient (Wildman–Crippen LogP) is 2.10. The molecule has 16 heavy (non-hydrogen) atoms. The second-order valence-electron chi connectivity index (χ2n) is 3.68. The van der Waals surface area contributed by atoms with Gasteiger partial charge in [0.05, 0.1) is 0 Å². The molecule has 0 bridgehead atoms. The zero-order valence-electron chi connectivity index (χ0n) is 9.10. The molecule has 1 amide bonds. The van der Waals surface area contributed by atoms with Crippen LogP contribution < -0.4 is 5.32 Å². The van der Waals surface area contributed by atoms with E-state index in [1.165, 1.54) is 0 Å². The first-order valence-electron chi connectivity index (χ1n) is 4.76. The highest BCUT2D eigenvalue weighted by atomic mass is 79.9. The van der Waals surface area contributed by atoms with Crippen molar-refractivity contribution < 1.29 is 22.7 Å². The smallest absolute Gasteiger partial charge is 0.362 e. The molecule has 0 saturated carbocycles. The van der Waals surface area contributed by atoms with Gasteiger partial charge in [0.25, 0.3) is 0 Å². The van der Waals surface area contributed by atoms with Crippen molar-refractivity contribution in [3.05, 3.63) is 0 Å². The molecular formula is C9H15BrF3NO2. The van der Waals surface area contributed by atoms with Gasteiger partial charge in [-0.3, -0.25) is 4.79 Å². The molecule has 0 radical (unpaired) electrons. The Morgan fingerprint density at radius 3 is 2.38 bits per heavy atom. The predicted molar refractivity (Wildman–Crippen MR) is 57.4 cm³/mol. The minimum absolute atomic E-state index is 0.109. The van der Waals surface area contributed by atoms with Crippen molar-refractivity contribution in [1.29, 1.82) is 0 Å². The lowest BCUT2D eigenvalue weighted by Crippen LogP contribution is -2.42. The largest absolute Gasteiger partial charge is 0.411 e. The molecule has 96 valence electrons. The van der Waals surface area contributed by atoms with Crippen molar-refractivity contribution in [2.75, 3.05) is 18.5 Å². The van der Waals surface area contributed by atoms with Crippen molar-refractivity contribution in [2.24, 2.45) is 5.92 Å². The zero-order valence-corrected chi connectivity index (χ0v) is 10.7. The minimum atomic E-state index is -4.40. The molecular weight excluding hydrogens is 291 g/mol. The molecule has 1 N–H and O–H groups in total. The number of rotatable bonds is 6. The van der Waals surface area contributed by atoms with Crippen LogP contribution in [0.15, 0.2) is 0 Å². The van der Waals surface area contributed by atoms with Gasteiger partial charge in [-0.05, 0) is 5.92 Å². The number of ether oxygens (including phenoxy) is 1. The lowest BCUT2D eigenvalue weighted by molar-refractivity contribution is -0.175. The molecule has 1 unspecified atom stereocenters. The first-order chi connectivity index (χ1) is 7.26. The SMILES string of the molecule is CC(C)C(CBr)NC(=O)COCC(F)(F)F. The average molecular weight is 306 g/mol. The second-order valence-corrected chi connectivity index (χ2v) is 4.33. The maximum absolute atomic E-state index is 11.7. The van der Waals surface area contributed by atoms with Gasteiger partial charge in [0.2, 0.25) is 5.91 Å². The average Bonchev–Trinajstić information content (AvgIpc) is 2.11. The van der Waals surface area contributed by atoms with E-state index in [4.69, 9.17) is 0 Å². The van der Waals surface area contributed by atoms with Crippen LogP contribution in [0.3, 0.4) is 0 Å². The summed E-state index contributed by atoms with van der Waals surface area (Å²) >= 11 is 3.21. The highest BCUT2D eigenvalue weighted by Crippen LogP contribution is 2.14. The van der Waals surface area contributed by atoms with E-state index in [0.717, 1.165) is 0 Å². The van der Waals surface area contributed by atoms with Crippen LogP contribution in [-0.4, -0.2) is 36.7 Å². The summed E-state index contributed by atoms with van der Waals surface area (Å²) in [4.78, 5) is 11.2. The summed E-state index contributed by atoms with van der Waals surface area (Å²) in [7, 11) is 0. The van der Waals surface area contributed by atoms with Crippen molar-refractivity contribution in [3.63, 3.8) is 0 Å². The fourth-order valence-corrected chi connectivity index (χ4v) is 1.80. The summed E-state index contributed by atoms with van der Waals surface area (Å²) in [5.74, 6) is -0.339. The number of carbonyl (C=O) groups is 1. The number of hydrogen-bond donors (Lipinski definition) is 1. The highest BCUT2D eigenvalue weighted by molar-refractivity contribution is 9.09. The van der Waals surface area contributed by atoms with Gasteiger partial charge >= 0.3 is 6.18 Å². The number of amides is 1. The van der Waals surface area contributed by atoms with Crippen molar-refractivity contribution in [2.45, 2.75) is 26.1 Å². The molecule has 0 saturated heterocycles. The number of alkyl halides is 4. The summed E-state index contributed by atoms with van der Waals surface area (Å²) in [5.41, 5.74) is 0. The Balaban J connectivity index is 3.82. The molecule has 7 heteroatoms. The van der Waals surface area contributed by atoms with Crippen LogP contribution in [0.1, 0.15) is 13.8 Å². The first kappa shape index (κ1) is 15.7. The molecule has 0 aliphatic carbocycles. The number of hydrogen-bond acceptors (Lipinski definition) is 2. The highest BCUT2D eigenvalue weighted by Gasteiger charge is 2.28. The van der Waals surface area contributed by atoms with E-state index in [-0.39, 0.29) is 12.0 Å². The molecule has 0 aliphatic heterocycles. The standard InChI is InChI=1S/C9H15BrF3NO2/c1-6(2)7(3-10)14-8(15)4-16-5-9(11,12)13/h6-7H,3-5H2,1-2H3,(H,14,15). The van der Waals surface area contributed by atoms with Crippen LogP contribution >= 0.6 is 15.9 Å². The van der Waals surface area contributed by atoms with E-state index < -0.39 is 25.3 Å². The molecule has 0 rings (SSSR count). The van der Waals surface area contributed by atoms with Gasteiger partial charge in [-0.25, -0.2) is 0 Å². The third-order valence-corrected chi connectivity index (χ3v) is 2.51. The first-order valence-corrected chi connectivity index (χ1v) is 5.88. The molecule has 0 spiro atoms.